The van der Waals surface area contributed by atoms with Crippen LogP contribution in [0, 0.1) is 48.3 Å². The summed E-state index contributed by atoms with van der Waals surface area (Å²) in [6.07, 6.45) is 12.6. The summed E-state index contributed by atoms with van der Waals surface area (Å²) in [6.45, 7) is 6.70. The first-order valence-electron chi connectivity index (χ1n) is 18.7. The van der Waals surface area contributed by atoms with E-state index in [9.17, 15) is 24.0 Å². The molecule has 0 saturated heterocycles. The minimum Gasteiger partial charge on any atom is -0.466 e. The third-order valence-electron chi connectivity index (χ3n) is 12.5. The van der Waals surface area contributed by atoms with Crippen LogP contribution < -0.4 is 21.5 Å². The summed E-state index contributed by atoms with van der Waals surface area (Å²) in [7, 11) is 3.02. The molecule has 278 valence electrons. The van der Waals surface area contributed by atoms with Crippen LogP contribution in [0.4, 0.5) is 5.69 Å². The number of pyridine rings is 1. The molecule has 3 N–H and O–H groups in total. The van der Waals surface area contributed by atoms with Crippen LogP contribution in [0.2, 0.25) is 0 Å². The molecule has 9 atom stereocenters. The Morgan fingerprint density at radius 2 is 1.83 bits per heavy atom. The van der Waals surface area contributed by atoms with Crippen molar-refractivity contribution in [3.63, 3.8) is 0 Å². The maximum Gasteiger partial charge on any atom is 0.330 e. The van der Waals surface area contributed by atoms with Gasteiger partial charge in [-0.2, -0.15) is 0 Å². The standard InChI is InChI=1S/C23H33N3O2.C18H19NO5/c1-13-7-17-16-9-15-10-18(17)19(8-13)23(11-15,14(16)2)25-21(27)12-26-6-4-5-20(24-3)22(26)28;1-12-14-8-4-5-9-15(14)24-17(12)18(22)19-13(11-20)7-3-6-10-16(21)23-2/h4-6,13-19,24H,7-12H2,1-3H3,(H,25,27);4-6,8-11,13H,3,7H2,1-2H3,(H,19,22)/b;10-6+/t13?,14?,15-,16?,17?,18?,19-,23-;/m1./s1. The van der Waals surface area contributed by atoms with Crippen molar-refractivity contribution >= 4 is 40.7 Å². The fourth-order valence-corrected chi connectivity index (χ4v) is 10.3. The number of para-hydroxylation sites is 1. The summed E-state index contributed by atoms with van der Waals surface area (Å²) < 4.78 is 11.6. The number of allylic oxidation sites excluding steroid dienone is 1. The summed E-state index contributed by atoms with van der Waals surface area (Å²) in [5.41, 5.74) is 1.71. The number of aldehydes is 1. The maximum atomic E-state index is 13.1. The summed E-state index contributed by atoms with van der Waals surface area (Å²) in [5.74, 6) is 4.47. The van der Waals surface area contributed by atoms with E-state index in [0.717, 1.165) is 47.0 Å². The second-order valence-corrected chi connectivity index (χ2v) is 15.5. The van der Waals surface area contributed by atoms with Crippen LogP contribution in [0.3, 0.4) is 0 Å². The Bertz CT molecular complexity index is 1890. The number of aryl methyl sites for hydroxylation is 1. The van der Waals surface area contributed by atoms with E-state index >= 15 is 0 Å². The lowest BCUT2D eigenvalue weighted by Gasteiger charge is -2.70. The van der Waals surface area contributed by atoms with Gasteiger partial charge in [-0.3, -0.25) is 14.4 Å². The molecule has 5 fully saturated rings. The topological polar surface area (TPSA) is 149 Å². The van der Waals surface area contributed by atoms with Gasteiger partial charge in [-0.1, -0.05) is 38.1 Å². The number of amides is 2. The number of carbonyl (C=O) groups is 4. The van der Waals surface area contributed by atoms with Crippen molar-refractivity contribution < 1.29 is 28.3 Å². The monoisotopic (exact) mass is 712 g/mol. The second kappa shape index (κ2) is 15.5. The van der Waals surface area contributed by atoms with Crippen molar-refractivity contribution in [1.82, 2.24) is 15.2 Å². The first-order chi connectivity index (χ1) is 25.0. The van der Waals surface area contributed by atoms with E-state index in [-0.39, 0.29) is 29.3 Å². The van der Waals surface area contributed by atoms with Gasteiger partial charge in [-0.05, 0) is 111 Å². The fraction of sp³-hybridized carbons (Fsp3) is 0.537. The highest BCUT2D eigenvalue weighted by Crippen LogP contribution is 2.67. The van der Waals surface area contributed by atoms with Crippen molar-refractivity contribution in [3.05, 3.63) is 76.4 Å². The zero-order chi connectivity index (χ0) is 37.2. The number of anilines is 1. The van der Waals surface area contributed by atoms with Crippen LogP contribution >= 0.6 is 0 Å². The number of esters is 1. The van der Waals surface area contributed by atoms with Gasteiger partial charge in [0.25, 0.3) is 11.5 Å². The number of nitrogens with zero attached hydrogens (tertiary/aromatic N) is 1. The first kappa shape index (κ1) is 37.1. The van der Waals surface area contributed by atoms with E-state index in [0.29, 0.717) is 42.2 Å². The van der Waals surface area contributed by atoms with Crippen LogP contribution in [0.25, 0.3) is 11.0 Å². The highest BCUT2D eigenvalue weighted by Gasteiger charge is 2.66. The number of methoxy groups -OCH3 is 1. The Balaban J connectivity index is 0.000000181. The van der Waals surface area contributed by atoms with E-state index in [1.165, 1.54) is 43.4 Å². The summed E-state index contributed by atoms with van der Waals surface area (Å²) in [6, 6.07) is 10.3. The molecular formula is C41H52N4O7. The van der Waals surface area contributed by atoms with Crippen LogP contribution in [0.15, 0.2) is 64.0 Å². The number of aromatic nitrogens is 1. The molecule has 2 aromatic heterocycles. The number of furan rings is 1. The number of fused-ring (bicyclic) bond motifs is 1. The van der Waals surface area contributed by atoms with Crippen molar-refractivity contribution in [2.75, 3.05) is 19.5 Å². The van der Waals surface area contributed by atoms with E-state index in [4.69, 9.17) is 4.42 Å². The Hall–Kier alpha value is -4.67. The quantitative estimate of drug-likeness (QED) is 0.131. The van der Waals surface area contributed by atoms with Gasteiger partial charge in [0.1, 0.15) is 24.1 Å². The summed E-state index contributed by atoms with van der Waals surface area (Å²) >= 11 is 0. The highest BCUT2D eigenvalue weighted by atomic mass is 16.5. The van der Waals surface area contributed by atoms with Gasteiger partial charge in [-0.15, -0.1) is 0 Å². The number of hydrogen-bond donors (Lipinski definition) is 3. The molecule has 2 amide bonds. The molecule has 3 aromatic rings. The van der Waals surface area contributed by atoms with Crippen LogP contribution in [0.5, 0.6) is 0 Å². The Morgan fingerprint density at radius 1 is 1.06 bits per heavy atom. The third kappa shape index (κ3) is 7.19. The molecule has 5 aliphatic carbocycles. The van der Waals surface area contributed by atoms with Gasteiger partial charge in [0.2, 0.25) is 5.91 Å². The van der Waals surface area contributed by atoms with Gasteiger partial charge in [0.15, 0.2) is 5.76 Å². The molecule has 6 bridgehead atoms. The molecule has 0 aliphatic heterocycles. The number of benzene rings is 1. The van der Waals surface area contributed by atoms with Crippen molar-refractivity contribution in [2.45, 2.75) is 83.8 Å². The molecule has 11 nitrogen and oxygen atoms in total. The third-order valence-corrected chi connectivity index (χ3v) is 12.5. The van der Waals surface area contributed by atoms with Crippen molar-refractivity contribution in [1.29, 1.82) is 0 Å². The van der Waals surface area contributed by atoms with Crippen LogP contribution in [0.1, 0.15) is 74.9 Å². The smallest absolute Gasteiger partial charge is 0.330 e. The SMILES string of the molecule is CNc1cccn(CC(=O)N[C@@]23C[C@@H]4CC(C5CC(C)C[C@@H]2C5C4)C3C)c1=O.COC(=O)/C=C/CCC(C=O)NC(=O)c1oc2ccccc2c1C. The Labute approximate surface area is 304 Å². The van der Waals surface area contributed by atoms with Crippen LogP contribution in [-0.2, 0) is 25.7 Å². The first-order valence-corrected chi connectivity index (χ1v) is 18.7. The molecule has 5 aliphatic rings. The number of ether oxygens (including phenoxy) is 1. The van der Waals surface area contributed by atoms with Crippen molar-refractivity contribution in [2.24, 2.45) is 41.4 Å². The molecule has 8 rings (SSSR count). The molecule has 0 spiro atoms. The van der Waals surface area contributed by atoms with Gasteiger partial charge >= 0.3 is 5.97 Å². The van der Waals surface area contributed by atoms with Crippen LogP contribution in [-0.4, -0.2) is 54.4 Å². The number of hydrogen-bond acceptors (Lipinski definition) is 8. The molecule has 52 heavy (non-hydrogen) atoms. The fourth-order valence-electron chi connectivity index (χ4n) is 10.3. The number of rotatable bonds is 11. The number of carbonyl (C=O) groups excluding carboxylic acids is 4. The predicted molar refractivity (Wildman–Crippen MR) is 199 cm³/mol. The molecule has 1 aromatic carbocycles. The molecule has 6 unspecified atom stereocenters. The zero-order valence-corrected chi connectivity index (χ0v) is 30.9. The number of nitrogens with one attached hydrogen (secondary N) is 3. The zero-order valence-electron chi connectivity index (χ0n) is 30.9. The lowest BCUT2D eigenvalue weighted by Crippen LogP contribution is -2.73. The van der Waals surface area contributed by atoms with E-state index in [1.54, 1.807) is 38.4 Å². The minimum atomic E-state index is -0.660. The molecule has 11 heteroatoms. The summed E-state index contributed by atoms with van der Waals surface area (Å²) in [5, 5.41) is 9.96. The summed E-state index contributed by atoms with van der Waals surface area (Å²) in [4.78, 5) is 60.1. The highest BCUT2D eigenvalue weighted by molar-refractivity contribution is 5.99. The van der Waals surface area contributed by atoms with Gasteiger partial charge < -0.3 is 34.5 Å². The lowest BCUT2D eigenvalue weighted by molar-refractivity contribution is -0.184. The average molecular weight is 713 g/mol. The predicted octanol–water partition coefficient (Wildman–Crippen LogP) is 5.65. The van der Waals surface area contributed by atoms with E-state index in [2.05, 4.69) is 34.5 Å². The maximum absolute atomic E-state index is 13.1. The Kier molecular flexibility index (Phi) is 11.1. The molecular weight excluding hydrogens is 660 g/mol. The van der Waals surface area contributed by atoms with Gasteiger partial charge in [-0.25, -0.2) is 4.79 Å². The lowest BCUT2D eigenvalue weighted by atomic mass is 9.38. The Morgan fingerprint density at radius 3 is 2.56 bits per heavy atom. The second-order valence-electron chi connectivity index (χ2n) is 15.5. The van der Waals surface area contributed by atoms with Crippen molar-refractivity contribution in [3.8, 4) is 0 Å². The van der Waals surface area contributed by atoms with Gasteiger partial charge in [0.05, 0.1) is 13.2 Å². The van der Waals surface area contributed by atoms with E-state index < -0.39 is 17.9 Å². The van der Waals surface area contributed by atoms with E-state index in [1.807, 2.05) is 24.3 Å². The average Bonchev–Trinajstić information content (AvgIpc) is 3.48. The largest absolute Gasteiger partial charge is 0.466 e. The molecule has 5 saturated carbocycles. The molecule has 2 heterocycles. The molecule has 0 radical (unpaired) electrons. The van der Waals surface area contributed by atoms with Gasteiger partial charge in [0, 0.05) is 35.8 Å². The normalized spacial score (nSPS) is 28.8. The minimum absolute atomic E-state index is 0.000991.